The van der Waals surface area contributed by atoms with Crippen LogP contribution in [-0.2, 0) is 11.4 Å². The topological polar surface area (TPSA) is 93.6 Å². The van der Waals surface area contributed by atoms with Crippen LogP contribution in [0.15, 0.2) is 18.2 Å². The molecule has 0 aromatic heterocycles. The molecule has 0 aliphatic rings. The Morgan fingerprint density at radius 2 is 2.19 bits per heavy atom. The van der Waals surface area contributed by atoms with Crippen molar-refractivity contribution in [1.82, 2.24) is 10.4 Å². The number of hydrogen-bond acceptors (Lipinski definition) is 4. The number of benzene rings is 1. The van der Waals surface area contributed by atoms with Crippen molar-refractivity contribution in [1.29, 1.82) is 0 Å². The van der Waals surface area contributed by atoms with Crippen molar-refractivity contribution in [2.24, 2.45) is 0 Å². The Morgan fingerprint density at radius 3 is 2.81 bits per heavy atom. The molecule has 0 heterocycles. The summed E-state index contributed by atoms with van der Waals surface area (Å²) in [5, 5.41) is 3.73. The Bertz CT molecular complexity index is 381. The normalized spacial score (nSPS) is 9.88. The number of urea groups is 1. The minimum atomic E-state index is -0.343. The van der Waals surface area contributed by atoms with E-state index in [2.05, 4.69) is 5.32 Å². The van der Waals surface area contributed by atoms with Gasteiger partial charge in [-0.05, 0) is 11.6 Å². The average molecular weight is 224 g/mol. The van der Waals surface area contributed by atoms with Crippen LogP contribution < -0.4 is 16.8 Å². The molecule has 6 heteroatoms. The number of nitrogens with zero attached hydrogens (tertiary/aromatic N) is 1. The number of carbonyl (C=O) groups is 1. The third kappa shape index (κ3) is 2.77. The van der Waals surface area contributed by atoms with E-state index < -0.39 is 0 Å². The molecule has 0 spiro atoms. The molecule has 0 saturated heterocycles. The number of hydrogen-bond donors (Lipinski definition) is 3. The van der Waals surface area contributed by atoms with Gasteiger partial charge in [-0.3, -0.25) is 4.84 Å². The van der Waals surface area contributed by atoms with Gasteiger partial charge in [0.2, 0.25) is 0 Å². The van der Waals surface area contributed by atoms with Crippen LogP contribution in [0.1, 0.15) is 5.56 Å². The minimum absolute atomic E-state index is 0.309. The number of anilines is 2. The first kappa shape index (κ1) is 12.1. The van der Waals surface area contributed by atoms with Gasteiger partial charge in [0.25, 0.3) is 0 Å². The summed E-state index contributed by atoms with van der Waals surface area (Å²) >= 11 is 0. The molecule has 6 nitrogen and oxygen atoms in total. The lowest BCUT2D eigenvalue weighted by molar-refractivity contribution is -0.0648. The first-order valence-corrected chi connectivity index (χ1v) is 4.74. The molecule has 0 bridgehead atoms. The summed E-state index contributed by atoms with van der Waals surface area (Å²) in [5.74, 6) is 0. The summed E-state index contributed by atoms with van der Waals surface area (Å²) in [6.45, 7) is 0.309. The molecule has 0 radical (unpaired) electrons. The van der Waals surface area contributed by atoms with Gasteiger partial charge in [0.15, 0.2) is 0 Å². The quantitative estimate of drug-likeness (QED) is 0.516. The molecular weight excluding hydrogens is 208 g/mol. The highest BCUT2D eigenvalue weighted by Crippen LogP contribution is 2.18. The Morgan fingerprint density at radius 1 is 1.50 bits per heavy atom. The molecule has 0 unspecified atom stereocenters. The molecule has 0 saturated carbocycles. The van der Waals surface area contributed by atoms with Gasteiger partial charge in [0, 0.05) is 13.6 Å². The predicted molar refractivity (Wildman–Crippen MR) is 62.3 cm³/mol. The van der Waals surface area contributed by atoms with E-state index in [1.54, 1.807) is 18.2 Å². The van der Waals surface area contributed by atoms with E-state index in [1.807, 2.05) is 0 Å². The van der Waals surface area contributed by atoms with Gasteiger partial charge in [-0.1, -0.05) is 12.1 Å². The van der Waals surface area contributed by atoms with Crippen LogP contribution in [0.3, 0.4) is 0 Å². The highest BCUT2D eigenvalue weighted by atomic mass is 16.7. The maximum atomic E-state index is 11.4. The van der Waals surface area contributed by atoms with Crippen molar-refractivity contribution in [3.63, 3.8) is 0 Å². The number of carbonyl (C=O) groups excluding carboxylic acids is 1. The summed E-state index contributed by atoms with van der Waals surface area (Å²) in [6.07, 6.45) is 0. The van der Waals surface area contributed by atoms with Gasteiger partial charge >= 0.3 is 6.03 Å². The molecular formula is C10H16N4O2. The number of nitrogen functional groups attached to an aromatic ring is 2. The van der Waals surface area contributed by atoms with Crippen molar-refractivity contribution in [3.05, 3.63) is 23.8 Å². The fourth-order valence-corrected chi connectivity index (χ4v) is 1.15. The fraction of sp³-hybridized carbons (Fsp3) is 0.300. The van der Waals surface area contributed by atoms with E-state index in [1.165, 1.54) is 14.2 Å². The summed E-state index contributed by atoms with van der Waals surface area (Å²) < 4.78 is 0. The third-order valence-electron chi connectivity index (χ3n) is 2.22. The molecule has 1 aromatic rings. The molecule has 88 valence electrons. The molecule has 2 amide bonds. The lowest BCUT2D eigenvalue weighted by Crippen LogP contribution is -2.36. The molecule has 0 fully saturated rings. The van der Waals surface area contributed by atoms with E-state index in [4.69, 9.17) is 16.3 Å². The Kier molecular flexibility index (Phi) is 3.96. The molecule has 0 aliphatic carbocycles. The second kappa shape index (κ2) is 5.22. The molecule has 0 aliphatic heterocycles. The van der Waals surface area contributed by atoms with Crippen LogP contribution in [0.5, 0.6) is 0 Å². The van der Waals surface area contributed by atoms with Gasteiger partial charge in [-0.15, -0.1) is 0 Å². The molecule has 1 aromatic carbocycles. The van der Waals surface area contributed by atoms with E-state index >= 15 is 0 Å². The third-order valence-corrected chi connectivity index (χ3v) is 2.22. The average Bonchev–Trinajstić information content (AvgIpc) is 2.29. The number of hydroxylamine groups is 2. The minimum Gasteiger partial charge on any atom is -0.397 e. The summed E-state index contributed by atoms with van der Waals surface area (Å²) in [5.41, 5.74) is 13.2. The predicted octanol–water partition coefficient (Wildman–Crippen LogP) is 0.554. The number of para-hydroxylation sites is 1. The molecule has 1 rings (SSSR count). The first-order chi connectivity index (χ1) is 7.56. The van der Waals surface area contributed by atoms with E-state index in [-0.39, 0.29) is 6.03 Å². The number of rotatable bonds is 3. The van der Waals surface area contributed by atoms with Crippen LogP contribution in [0.4, 0.5) is 16.2 Å². The smallest absolute Gasteiger partial charge is 0.341 e. The second-order valence-corrected chi connectivity index (χ2v) is 3.26. The van der Waals surface area contributed by atoms with Gasteiger partial charge in [-0.2, -0.15) is 0 Å². The lowest BCUT2D eigenvalue weighted by atomic mass is 10.1. The van der Waals surface area contributed by atoms with Crippen LogP contribution in [-0.4, -0.2) is 25.3 Å². The Labute approximate surface area is 94.1 Å². The van der Waals surface area contributed by atoms with E-state index in [0.29, 0.717) is 17.9 Å². The number of nitrogens with one attached hydrogen (secondary N) is 1. The van der Waals surface area contributed by atoms with Crippen LogP contribution >= 0.6 is 0 Å². The number of nitrogens with two attached hydrogens (primary N) is 2. The zero-order valence-corrected chi connectivity index (χ0v) is 9.36. The SMILES string of the molecule is CON(C)C(=O)NCc1cccc(N)c1N. The zero-order valence-electron chi connectivity index (χ0n) is 9.36. The standard InChI is InChI=1S/C10H16N4O2/c1-14(16-2)10(15)13-6-7-4-3-5-8(11)9(7)12/h3-5H,6,11-12H2,1-2H3,(H,13,15). The highest BCUT2D eigenvalue weighted by Gasteiger charge is 2.08. The van der Waals surface area contributed by atoms with Crippen molar-refractivity contribution in [2.75, 3.05) is 25.6 Å². The largest absolute Gasteiger partial charge is 0.397 e. The molecule has 5 N–H and O–H groups in total. The van der Waals surface area contributed by atoms with Gasteiger partial charge < -0.3 is 16.8 Å². The Balaban J connectivity index is 2.61. The molecule has 0 atom stereocenters. The van der Waals surface area contributed by atoms with Gasteiger partial charge in [-0.25, -0.2) is 9.86 Å². The van der Waals surface area contributed by atoms with E-state index in [9.17, 15) is 4.79 Å². The summed E-state index contributed by atoms with van der Waals surface area (Å²) in [4.78, 5) is 16.1. The fourth-order valence-electron chi connectivity index (χ4n) is 1.15. The molecule has 16 heavy (non-hydrogen) atoms. The maximum absolute atomic E-state index is 11.4. The number of amides is 2. The highest BCUT2D eigenvalue weighted by molar-refractivity contribution is 5.74. The van der Waals surface area contributed by atoms with Crippen LogP contribution in [0, 0.1) is 0 Å². The maximum Gasteiger partial charge on any atom is 0.341 e. The van der Waals surface area contributed by atoms with Gasteiger partial charge in [0.1, 0.15) is 0 Å². The lowest BCUT2D eigenvalue weighted by Gasteiger charge is -2.15. The zero-order chi connectivity index (χ0) is 12.1. The van der Waals surface area contributed by atoms with Crippen LogP contribution in [0.2, 0.25) is 0 Å². The Hall–Kier alpha value is -1.95. The van der Waals surface area contributed by atoms with E-state index in [0.717, 1.165) is 10.6 Å². The van der Waals surface area contributed by atoms with Crippen molar-refractivity contribution in [3.8, 4) is 0 Å². The first-order valence-electron chi connectivity index (χ1n) is 4.74. The monoisotopic (exact) mass is 224 g/mol. The van der Waals surface area contributed by atoms with Gasteiger partial charge in [0.05, 0.1) is 18.5 Å². The van der Waals surface area contributed by atoms with Crippen molar-refractivity contribution < 1.29 is 9.63 Å². The summed E-state index contributed by atoms with van der Waals surface area (Å²) in [6, 6.07) is 4.96. The second-order valence-electron chi connectivity index (χ2n) is 3.26. The van der Waals surface area contributed by atoms with Crippen LogP contribution in [0.25, 0.3) is 0 Å². The van der Waals surface area contributed by atoms with Crippen molar-refractivity contribution >= 4 is 17.4 Å². The van der Waals surface area contributed by atoms with Crippen molar-refractivity contribution in [2.45, 2.75) is 6.54 Å². The summed E-state index contributed by atoms with van der Waals surface area (Å²) in [7, 11) is 2.92.